The largest absolute Gasteiger partial charge is 0.381 e. The molecular weight excluding hydrogens is 284 g/mol. The Labute approximate surface area is 129 Å². The van der Waals surface area contributed by atoms with Gasteiger partial charge >= 0.3 is 0 Å². The summed E-state index contributed by atoms with van der Waals surface area (Å²) in [6, 6.07) is 2.09. The standard InChI is InChI=1S/C15H22N4OS/c1-2-6-16-15-18-13(12-5-9-21-14(12)19-15)17-10-11-3-7-20-8-4-11/h5,9,11H,2-4,6-8,10H2,1H3,(H2,16,17,18,19). The summed E-state index contributed by atoms with van der Waals surface area (Å²) in [5.41, 5.74) is 0. The minimum Gasteiger partial charge on any atom is -0.381 e. The molecule has 3 heterocycles. The van der Waals surface area contributed by atoms with Crippen molar-refractivity contribution >= 4 is 33.3 Å². The van der Waals surface area contributed by atoms with Gasteiger partial charge in [0, 0.05) is 26.3 Å². The van der Waals surface area contributed by atoms with Gasteiger partial charge in [0.05, 0.1) is 5.39 Å². The first-order valence-corrected chi connectivity index (χ1v) is 8.55. The highest BCUT2D eigenvalue weighted by molar-refractivity contribution is 7.16. The quantitative estimate of drug-likeness (QED) is 0.857. The molecule has 2 N–H and O–H groups in total. The number of hydrogen-bond donors (Lipinski definition) is 2. The van der Waals surface area contributed by atoms with Gasteiger partial charge in [0.2, 0.25) is 5.95 Å². The van der Waals surface area contributed by atoms with Gasteiger partial charge in [-0.1, -0.05) is 6.92 Å². The fraction of sp³-hybridized carbons (Fsp3) is 0.600. The minimum atomic E-state index is 0.675. The maximum Gasteiger partial charge on any atom is 0.226 e. The van der Waals surface area contributed by atoms with Gasteiger partial charge in [0.15, 0.2) is 0 Å². The van der Waals surface area contributed by atoms with Crippen molar-refractivity contribution < 1.29 is 4.74 Å². The molecule has 1 fully saturated rings. The van der Waals surface area contributed by atoms with E-state index in [9.17, 15) is 0 Å². The maximum absolute atomic E-state index is 5.41. The number of rotatable bonds is 6. The molecule has 2 aromatic heterocycles. The lowest BCUT2D eigenvalue weighted by atomic mass is 10.0. The van der Waals surface area contributed by atoms with Gasteiger partial charge in [-0.15, -0.1) is 11.3 Å². The van der Waals surface area contributed by atoms with E-state index in [1.54, 1.807) is 11.3 Å². The lowest BCUT2D eigenvalue weighted by Crippen LogP contribution is -2.23. The normalized spacial score (nSPS) is 16.2. The topological polar surface area (TPSA) is 59.1 Å². The molecular formula is C15H22N4OS. The van der Waals surface area contributed by atoms with E-state index < -0.39 is 0 Å². The highest BCUT2D eigenvalue weighted by Gasteiger charge is 2.15. The first-order chi connectivity index (χ1) is 10.4. The lowest BCUT2D eigenvalue weighted by molar-refractivity contribution is 0.0699. The van der Waals surface area contributed by atoms with Crippen LogP contribution in [-0.2, 0) is 4.74 Å². The Morgan fingerprint density at radius 3 is 2.95 bits per heavy atom. The zero-order valence-electron chi connectivity index (χ0n) is 12.4. The smallest absolute Gasteiger partial charge is 0.226 e. The van der Waals surface area contributed by atoms with E-state index in [1.165, 1.54) is 0 Å². The molecule has 0 bridgehead atoms. The average Bonchev–Trinajstić information content (AvgIpc) is 3.00. The van der Waals surface area contributed by atoms with Crippen LogP contribution < -0.4 is 10.6 Å². The van der Waals surface area contributed by atoms with E-state index in [2.05, 4.69) is 39.0 Å². The Morgan fingerprint density at radius 1 is 1.29 bits per heavy atom. The Balaban J connectivity index is 1.73. The molecule has 6 heteroatoms. The molecule has 3 rings (SSSR count). The van der Waals surface area contributed by atoms with Crippen LogP contribution in [0.3, 0.4) is 0 Å². The summed E-state index contributed by atoms with van der Waals surface area (Å²) in [6.07, 6.45) is 3.33. The molecule has 0 spiro atoms. The van der Waals surface area contributed by atoms with Gasteiger partial charge in [0.25, 0.3) is 0 Å². The second-order valence-electron chi connectivity index (χ2n) is 5.40. The Morgan fingerprint density at radius 2 is 2.14 bits per heavy atom. The molecule has 5 nitrogen and oxygen atoms in total. The molecule has 1 aliphatic heterocycles. The highest BCUT2D eigenvalue weighted by Crippen LogP contribution is 2.27. The second kappa shape index (κ2) is 7.04. The van der Waals surface area contributed by atoms with E-state index in [0.29, 0.717) is 5.92 Å². The van der Waals surface area contributed by atoms with Crippen LogP contribution >= 0.6 is 11.3 Å². The molecule has 0 atom stereocenters. The average molecular weight is 306 g/mol. The number of fused-ring (bicyclic) bond motifs is 1. The molecule has 0 aromatic carbocycles. The monoisotopic (exact) mass is 306 g/mol. The summed E-state index contributed by atoms with van der Waals surface area (Å²) in [5, 5.41) is 9.99. The molecule has 1 saturated heterocycles. The van der Waals surface area contributed by atoms with Crippen LogP contribution in [0.15, 0.2) is 11.4 Å². The minimum absolute atomic E-state index is 0.675. The molecule has 2 aromatic rings. The van der Waals surface area contributed by atoms with Crippen LogP contribution in [0, 0.1) is 5.92 Å². The van der Waals surface area contributed by atoms with Gasteiger partial charge in [0.1, 0.15) is 10.6 Å². The predicted molar refractivity (Wildman–Crippen MR) is 88.2 cm³/mol. The van der Waals surface area contributed by atoms with Gasteiger partial charge < -0.3 is 15.4 Å². The third-order valence-corrected chi connectivity index (χ3v) is 4.56. The van der Waals surface area contributed by atoms with Crippen LogP contribution in [0.4, 0.5) is 11.8 Å². The summed E-state index contributed by atoms with van der Waals surface area (Å²) in [5.74, 6) is 2.35. The third kappa shape index (κ3) is 3.63. The number of thiophene rings is 1. The molecule has 0 radical (unpaired) electrons. The molecule has 1 aliphatic rings. The van der Waals surface area contributed by atoms with Crippen LogP contribution in [0.1, 0.15) is 26.2 Å². The number of hydrogen-bond acceptors (Lipinski definition) is 6. The Kier molecular flexibility index (Phi) is 4.87. The number of ether oxygens (including phenoxy) is 1. The van der Waals surface area contributed by atoms with Crippen molar-refractivity contribution in [3.63, 3.8) is 0 Å². The molecule has 21 heavy (non-hydrogen) atoms. The zero-order chi connectivity index (χ0) is 14.5. The van der Waals surface area contributed by atoms with E-state index in [4.69, 9.17) is 4.74 Å². The van der Waals surface area contributed by atoms with Gasteiger partial charge in [-0.25, -0.2) is 4.98 Å². The summed E-state index contributed by atoms with van der Waals surface area (Å²) in [4.78, 5) is 10.2. The van der Waals surface area contributed by atoms with Crippen molar-refractivity contribution in [2.75, 3.05) is 36.9 Å². The fourth-order valence-corrected chi connectivity index (χ4v) is 3.26. The van der Waals surface area contributed by atoms with Crippen molar-refractivity contribution in [3.8, 4) is 0 Å². The number of aromatic nitrogens is 2. The summed E-state index contributed by atoms with van der Waals surface area (Å²) in [6.45, 7) is 5.76. The van der Waals surface area contributed by atoms with Crippen LogP contribution in [0.5, 0.6) is 0 Å². The van der Waals surface area contributed by atoms with E-state index in [0.717, 1.165) is 67.5 Å². The SMILES string of the molecule is CCCNc1nc(NCC2CCOCC2)c2ccsc2n1. The van der Waals surface area contributed by atoms with Crippen molar-refractivity contribution in [3.05, 3.63) is 11.4 Å². The third-order valence-electron chi connectivity index (χ3n) is 3.76. The lowest BCUT2D eigenvalue weighted by Gasteiger charge is -2.22. The number of nitrogens with one attached hydrogen (secondary N) is 2. The fourth-order valence-electron chi connectivity index (χ4n) is 2.50. The summed E-state index contributed by atoms with van der Waals surface area (Å²) >= 11 is 1.66. The summed E-state index contributed by atoms with van der Waals surface area (Å²) < 4.78 is 5.41. The molecule has 0 amide bonds. The van der Waals surface area contributed by atoms with Crippen molar-refractivity contribution in [2.24, 2.45) is 5.92 Å². The van der Waals surface area contributed by atoms with Crippen LogP contribution in [-0.4, -0.2) is 36.3 Å². The van der Waals surface area contributed by atoms with Gasteiger partial charge in [-0.2, -0.15) is 4.98 Å². The number of nitrogens with zero attached hydrogens (tertiary/aromatic N) is 2. The molecule has 114 valence electrons. The van der Waals surface area contributed by atoms with E-state index in [-0.39, 0.29) is 0 Å². The molecule has 0 saturated carbocycles. The van der Waals surface area contributed by atoms with Crippen LogP contribution in [0.25, 0.3) is 10.2 Å². The highest BCUT2D eigenvalue weighted by atomic mass is 32.1. The second-order valence-corrected chi connectivity index (χ2v) is 6.29. The molecule has 0 unspecified atom stereocenters. The van der Waals surface area contributed by atoms with Crippen molar-refractivity contribution in [1.29, 1.82) is 0 Å². The van der Waals surface area contributed by atoms with Crippen molar-refractivity contribution in [1.82, 2.24) is 9.97 Å². The molecule has 0 aliphatic carbocycles. The van der Waals surface area contributed by atoms with Crippen molar-refractivity contribution in [2.45, 2.75) is 26.2 Å². The van der Waals surface area contributed by atoms with Gasteiger partial charge in [-0.3, -0.25) is 0 Å². The first kappa shape index (κ1) is 14.5. The van der Waals surface area contributed by atoms with E-state index in [1.807, 2.05) is 0 Å². The van der Waals surface area contributed by atoms with Gasteiger partial charge in [-0.05, 0) is 36.6 Å². The zero-order valence-corrected chi connectivity index (χ0v) is 13.2. The summed E-state index contributed by atoms with van der Waals surface area (Å²) in [7, 11) is 0. The Hall–Kier alpha value is -1.40. The predicted octanol–water partition coefficient (Wildman–Crippen LogP) is 3.35. The number of anilines is 2. The maximum atomic E-state index is 5.41. The first-order valence-electron chi connectivity index (χ1n) is 7.67. The van der Waals surface area contributed by atoms with E-state index >= 15 is 0 Å². The Bertz CT molecular complexity index is 580. The van der Waals surface area contributed by atoms with Crippen LogP contribution in [0.2, 0.25) is 0 Å².